The van der Waals surface area contributed by atoms with Crippen LogP contribution in [-0.4, -0.2) is 12.1 Å². The Morgan fingerprint density at radius 3 is 2.10 bits per heavy atom. The van der Waals surface area contributed by atoms with E-state index in [2.05, 4.69) is 16.2 Å². The van der Waals surface area contributed by atoms with Gasteiger partial charge in [-0.2, -0.15) is 13.2 Å². The predicted octanol–water partition coefficient (Wildman–Crippen LogP) is 1.88. The molecule has 60 valence electrons. The van der Waals surface area contributed by atoms with E-state index in [9.17, 15) is 18.0 Å². The van der Waals surface area contributed by atoms with Crippen LogP contribution in [0.3, 0.4) is 0 Å². The van der Waals surface area contributed by atoms with Crippen molar-refractivity contribution in [2.75, 3.05) is 0 Å². The van der Waals surface area contributed by atoms with Crippen LogP contribution >= 0.6 is 11.9 Å². The van der Waals surface area contributed by atoms with Gasteiger partial charge in [-0.05, 0) is 6.92 Å². The molecule has 0 rings (SSSR count). The molecule has 0 fully saturated rings. The van der Waals surface area contributed by atoms with Gasteiger partial charge in [0.1, 0.15) is 11.9 Å². The highest BCUT2D eigenvalue weighted by Crippen LogP contribution is 2.26. The summed E-state index contributed by atoms with van der Waals surface area (Å²) in [7, 11) is 0. The molecule has 1 unspecified atom stereocenters. The lowest BCUT2D eigenvalue weighted by Crippen LogP contribution is -2.27. The Balaban J connectivity index is 4.08. The minimum absolute atomic E-state index is 0.671. The summed E-state index contributed by atoms with van der Waals surface area (Å²) in [5, 5.41) is 0. The van der Waals surface area contributed by atoms with Gasteiger partial charge in [0.25, 0.3) is 0 Å². The predicted molar refractivity (Wildman–Crippen MR) is 27.2 cm³/mol. The topological polar surface area (TPSA) is 26.3 Å². The monoisotopic (exact) mass is 176 g/mol. The third-order valence-electron chi connectivity index (χ3n) is 0.921. The van der Waals surface area contributed by atoms with Gasteiger partial charge in [-0.3, -0.25) is 0 Å². The van der Waals surface area contributed by atoms with Crippen molar-refractivity contribution < 1.29 is 22.3 Å². The van der Waals surface area contributed by atoms with E-state index in [4.69, 9.17) is 0 Å². The van der Waals surface area contributed by atoms with E-state index >= 15 is 0 Å². The summed E-state index contributed by atoms with van der Waals surface area (Å²) in [6.07, 6.45) is -4.58. The molecule has 0 aromatic heterocycles. The van der Waals surface area contributed by atoms with Gasteiger partial charge in [0.15, 0.2) is 5.92 Å². The van der Waals surface area contributed by atoms with E-state index in [1.807, 2.05) is 0 Å². The highest BCUT2D eigenvalue weighted by atomic mass is 35.5. The fourth-order valence-electron chi connectivity index (χ4n) is 0.200. The van der Waals surface area contributed by atoms with Crippen LogP contribution in [0.2, 0.25) is 0 Å². The second-order valence-electron chi connectivity index (χ2n) is 1.66. The van der Waals surface area contributed by atoms with Crippen LogP contribution in [0, 0.1) is 5.92 Å². The summed E-state index contributed by atoms with van der Waals surface area (Å²) in [5.41, 5.74) is 0. The highest BCUT2D eigenvalue weighted by Gasteiger charge is 2.42. The number of hydrogen-bond acceptors (Lipinski definition) is 2. The van der Waals surface area contributed by atoms with Crippen LogP contribution in [-0.2, 0) is 9.08 Å². The standard InChI is InChI=1S/C4H4ClF3O2/c1-2(3(9)10-5)4(6,7)8/h2H,1H3. The Bertz CT molecular complexity index is 133. The minimum atomic E-state index is -4.58. The van der Waals surface area contributed by atoms with Crippen molar-refractivity contribution in [2.45, 2.75) is 13.1 Å². The first kappa shape index (κ1) is 9.55. The van der Waals surface area contributed by atoms with E-state index in [-0.39, 0.29) is 0 Å². The van der Waals surface area contributed by atoms with Gasteiger partial charge < -0.3 is 4.29 Å². The van der Waals surface area contributed by atoms with Crippen LogP contribution < -0.4 is 0 Å². The van der Waals surface area contributed by atoms with E-state index < -0.39 is 18.1 Å². The maximum absolute atomic E-state index is 11.5. The molecule has 0 aromatic rings. The molecule has 0 heterocycles. The number of alkyl halides is 3. The van der Waals surface area contributed by atoms with Gasteiger partial charge in [-0.1, -0.05) is 0 Å². The Hall–Kier alpha value is -0.450. The lowest BCUT2D eigenvalue weighted by molar-refractivity contribution is -0.187. The van der Waals surface area contributed by atoms with Crippen molar-refractivity contribution in [3.8, 4) is 0 Å². The van der Waals surface area contributed by atoms with E-state index in [1.54, 1.807) is 0 Å². The lowest BCUT2D eigenvalue weighted by atomic mass is 10.2. The first-order valence-electron chi connectivity index (χ1n) is 2.28. The van der Waals surface area contributed by atoms with Crippen LogP contribution in [0.1, 0.15) is 6.92 Å². The molecule has 0 aliphatic carbocycles. The maximum atomic E-state index is 11.5. The zero-order valence-electron chi connectivity index (χ0n) is 4.91. The summed E-state index contributed by atoms with van der Waals surface area (Å²) >= 11 is 4.40. The first-order valence-corrected chi connectivity index (χ1v) is 2.59. The number of carbonyl (C=O) groups excluding carboxylic acids is 1. The number of hydrogen-bond donors (Lipinski definition) is 0. The van der Waals surface area contributed by atoms with Crippen LogP contribution in [0.4, 0.5) is 13.2 Å². The molecule has 0 bridgehead atoms. The van der Waals surface area contributed by atoms with Gasteiger partial charge in [-0.15, -0.1) is 0 Å². The molecular formula is C4H4ClF3O2. The Kier molecular flexibility index (Phi) is 2.96. The third kappa shape index (κ3) is 2.43. The minimum Gasteiger partial charge on any atom is -0.347 e. The molecule has 0 aliphatic rings. The van der Waals surface area contributed by atoms with Crippen LogP contribution in [0.5, 0.6) is 0 Å². The second-order valence-corrected chi connectivity index (χ2v) is 1.81. The summed E-state index contributed by atoms with van der Waals surface area (Å²) in [6, 6.07) is 0. The van der Waals surface area contributed by atoms with Gasteiger partial charge in [0, 0.05) is 0 Å². The summed E-state index contributed by atoms with van der Waals surface area (Å²) in [5.74, 6) is -3.65. The second kappa shape index (κ2) is 3.09. The molecule has 10 heavy (non-hydrogen) atoms. The third-order valence-corrected chi connectivity index (χ3v) is 1.07. The fraction of sp³-hybridized carbons (Fsp3) is 0.750. The molecule has 0 spiro atoms. The van der Waals surface area contributed by atoms with Crippen molar-refractivity contribution in [2.24, 2.45) is 5.92 Å². The van der Waals surface area contributed by atoms with Crippen molar-refractivity contribution in [1.29, 1.82) is 0 Å². The normalized spacial score (nSPS) is 14.5. The summed E-state index contributed by atoms with van der Waals surface area (Å²) in [6.45, 7) is 0.671. The van der Waals surface area contributed by atoms with E-state index in [0.29, 0.717) is 6.92 Å². The fourth-order valence-corrected chi connectivity index (χ4v) is 0.334. The van der Waals surface area contributed by atoms with Crippen molar-refractivity contribution in [1.82, 2.24) is 0 Å². The van der Waals surface area contributed by atoms with Gasteiger partial charge in [0.05, 0.1) is 0 Å². The van der Waals surface area contributed by atoms with Gasteiger partial charge >= 0.3 is 12.1 Å². The average molecular weight is 177 g/mol. The number of halogens is 4. The molecule has 2 nitrogen and oxygen atoms in total. The smallest absolute Gasteiger partial charge is 0.347 e. The van der Waals surface area contributed by atoms with Gasteiger partial charge in [0.2, 0.25) is 0 Å². The molecule has 0 saturated carbocycles. The van der Waals surface area contributed by atoms with Crippen LogP contribution in [0.25, 0.3) is 0 Å². The summed E-state index contributed by atoms with van der Waals surface area (Å²) in [4.78, 5) is 10.1. The Labute approximate surface area is 60.1 Å². The van der Waals surface area contributed by atoms with E-state index in [0.717, 1.165) is 0 Å². The first-order chi connectivity index (χ1) is 4.39. The molecule has 1 atom stereocenters. The highest BCUT2D eigenvalue weighted by molar-refractivity contribution is 6.13. The molecule has 0 aromatic carbocycles. The van der Waals surface area contributed by atoms with E-state index in [1.165, 1.54) is 0 Å². The number of rotatable bonds is 1. The molecule has 0 radical (unpaired) electrons. The number of carbonyl (C=O) groups is 1. The zero-order chi connectivity index (χ0) is 8.36. The maximum Gasteiger partial charge on any atom is 0.401 e. The molecule has 0 saturated heterocycles. The van der Waals surface area contributed by atoms with Crippen molar-refractivity contribution >= 4 is 17.8 Å². The zero-order valence-corrected chi connectivity index (χ0v) is 5.66. The molecule has 0 aliphatic heterocycles. The molecule has 0 N–H and O–H groups in total. The quantitative estimate of drug-likeness (QED) is 0.610. The average Bonchev–Trinajstić information content (AvgIpc) is 1.83. The SMILES string of the molecule is CC(C(=O)OCl)C(F)(F)F. The Morgan fingerprint density at radius 1 is 1.60 bits per heavy atom. The molecule has 0 amide bonds. The van der Waals surface area contributed by atoms with Crippen molar-refractivity contribution in [3.05, 3.63) is 0 Å². The van der Waals surface area contributed by atoms with Crippen molar-refractivity contribution in [3.63, 3.8) is 0 Å². The van der Waals surface area contributed by atoms with Crippen LogP contribution in [0.15, 0.2) is 0 Å². The van der Waals surface area contributed by atoms with Gasteiger partial charge in [-0.25, -0.2) is 4.79 Å². The summed E-state index contributed by atoms with van der Waals surface area (Å²) < 4.78 is 37.9. The largest absolute Gasteiger partial charge is 0.401 e. The molecule has 6 heteroatoms. The Morgan fingerprint density at radius 2 is 2.00 bits per heavy atom. The molecular weight excluding hydrogens is 172 g/mol. The lowest BCUT2D eigenvalue weighted by Gasteiger charge is -2.10.